The molecule has 6 heteroatoms. The SMILES string of the molecule is Nc1cc(Br)cc2[nH]c(-c3cc(Cl)ccc3I)nc12. The van der Waals surface area contributed by atoms with Crippen LogP contribution in [0.1, 0.15) is 0 Å². The fraction of sp³-hybridized carbons (Fsp3) is 0. The number of halogens is 3. The first-order valence-corrected chi connectivity index (χ1v) is 7.70. The van der Waals surface area contributed by atoms with Gasteiger partial charge in [-0.3, -0.25) is 0 Å². The topological polar surface area (TPSA) is 54.7 Å². The number of hydrogen-bond acceptors (Lipinski definition) is 2. The average Bonchev–Trinajstić information content (AvgIpc) is 2.76. The van der Waals surface area contributed by atoms with E-state index in [1.165, 1.54) is 0 Å². The van der Waals surface area contributed by atoms with Gasteiger partial charge in [-0.25, -0.2) is 4.98 Å². The predicted octanol–water partition coefficient (Wildman–Crippen LogP) is 4.83. The molecule has 0 unspecified atom stereocenters. The van der Waals surface area contributed by atoms with Crippen LogP contribution in [0.5, 0.6) is 0 Å². The summed E-state index contributed by atoms with van der Waals surface area (Å²) in [5, 5.41) is 0.685. The molecule has 19 heavy (non-hydrogen) atoms. The van der Waals surface area contributed by atoms with E-state index in [1.807, 2.05) is 30.3 Å². The number of benzene rings is 2. The molecule has 96 valence electrons. The summed E-state index contributed by atoms with van der Waals surface area (Å²) in [5.41, 5.74) is 9.26. The van der Waals surface area contributed by atoms with Gasteiger partial charge in [-0.1, -0.05) is 27.5 Å². The molecular weight excluding hydrogens is 440 g/mol. The van der Waals surface area contributed by atoms with Gasteiger partial charge in [0, 0.05) is 18.6 Å². The van der Waals surface area contributed by atoms with Crippen LogP contribution < -0.4 is 5.73 Å². The first-order chi connectivity index (χ1) is 9.04. The van der Waals surface area contributed by atoms with Gasteiger partial charge in [-0.15, -0.1) is 0 Å². The number of nitrogens with one attached hydrogen (secondary N) is 1. The lowest BCUT2D eigenvalue weighted by Crippen LogP contribution is -1.87. The van der Waals surface area contributed by atoms with E-state index < -0.39 is 0 Å². The van der Waals surface area contributed by atoms with Crippen molar-refractivity contribution < 1.29 is 0 Å². The smallest absolute Gasteiger partial charge is 0.139 e. The molecule has 2 aromatic carbocycles. The summed E-state index contributed by atoms with van der Waals surface area (Å²) < 4.78 is 2.01. The van der Waals surface area contributed by atoms with Crippen LogP contribution in [0.3, 0.4) is 0 Å². The molecule has 3 N–H and O–H groups in total. The third-order valence-corrected chi connectivity index (χ3v) is 4.40. The largest absolute Gasteiger partial charge is 0.397 e. The molecule has 0 saturated heterocycles. The van der Waals surface area contributed by atoms with E-state index in [0.717, 1.165) is 30.5 Å². The lowest BCUT2D eigenvalue weighted by molar-refractivity contribution is 1.33. The van der Waals surface area contributed by atoms with Crippen LogP contribution in [0.15, 0.2) is 34.8 Å². The summed E-state index contributed by atoms with van der Waals surface area (Å²) in [4.78, 5) is 7.84. The maximum absolute atomic E-state index is 6.04. The lowest BCUT2D eigenvalue weighted by atomic mass is 10.2. The number of H-pyrrole nitrogens is 1. The molecule has 0 atom stereocenters. The highest BCUT2D eigenvalue weighted by atomic mass is 127. The number of nitrogen functional groups attached to an aromatic ring is 1. The van der Waals surface area contributed by atoms with E-state index in [1.54, 1.807) is 0 Å². The number of anilines is 1. The molecule has 1 aromatic heterocycles. The van der Waals surface area contributed by atoms with E-state index >= 15 is 0 Å². The third-order valence-electron chi connectivity index (χ3n) is 2.76. The number of hydrogen-bond donors (Lipinski definition) is 2. The predicted molar refractivity (Wildman–Crippen MR) is 91.4 cm³/mol. The molecule has 0 aliphatic heterocycles. The highest BCUT2D eigenvalue weighted by Gasteiger charge is 2.11. The second kappa shape index (κ2) is 4.96. The van der Waals surface area contributed by atoms with Gasteiger partial charge in [0.25, 0.3) is 0 Å². The van der Waals surface area contributed by atoms with Crippen molar-refractivity contribution in [3.05, 3.63) is 43.4 Å². The van der Waals surface area contributed by atoms with E-state index in [4.69, 9.17) is 17.3 Å². The summed E-state index contributed by atoms with van der Waals surface area (Å²) in [6.07, 6.45) is 0. The first kappa shape index (κ1) is 13.2. The Balaban J connectivity index is 2.26. The maximum Gasteiger partial charge on any atom is 0.139 e. The van der Waals surface area contributed by atoms with Crippen molar-refractivity contribution >= 4 is 66.8 Å². The van der Waals surface area contributed by atoms with Crippen LogP contribution in [0.2, 0.25) is 5.02 Å². The fourth-order valence-electron chi connectivity index (χ4n) is 1.91. The normalized spacial score (nSPS) is 11.1. The minimum Gasteiger partial charge on any atom is -0.397 e. The molecule has 0 aliphatic rings. The fourth-order valence-corrected chi connectivity index (χ4v) is 3.15. The highest BCUT2D eigenvalue weighted by molar-refractivity contribution is 14.1. The zero-order chi connectivity index (χ0) is 13.6. The van der Waals surface area contributed by atoms with Crippen LogP contribution in [0.4, 0.5) is 5.69 Å². The van der Waals surface area contributed by atoms with Crippen LogP contribution in [0.25, 0.3) is 22.4 Å². The molecule has 0 bridgehead atoms. The van der Waals surface area contributed by atoms with Gasteiger partial charge in [-0.05, 0) is 52.9 Å². The first-order valence-electron chi connectivity index (χ1n) is 5.45. The Bertz CT molecular complexity index is 785. The van der Waals surface area contributed by atoms with Crippen LogP contribution in [-0.4, -0.2) is 9.97 Å². The Kier molecular flexibility index (Phi) is 3.44. The Morgan fingerprint density at radius 1 is 1.26 bits per heavy atom. The zero-order valence-corrected chi connectivity index (χ0v) is 14.0. The molecule has 3 aromatic rings. The Morgan fingerprint density at radius 2 is 2.05 bits per heavy atom. The third kappa shape index (κ3) is 2.46. The number of aromatic amines is 1. The molecule has 0 aliphatic carbocycles. The van der Waals surface area contributed by atoms with E-state index in [9.17, 15) is 0 Å². The molecule has 0 saturated carbocycles. The summed E-state index contributed by atoms with van der Waals surface area (Å²) in [5.74, 6) is 0.770. The van der Waals surface area contributed by atoms with Crippen LogP contribution in [-0.2, 0) is 0 Å². The molecule has 0 amide bonds. The van der Waals surface area contributed by atoms with Crippen molar-refractivity contribution in [2.45, 2.75) is 0 Å². The number of nitrogens with zero attached hydrogens (tertiary/aromatic N) is 1. The van der Waals surface area contributed by atoms with Crippen molar-refractivity contribution in [3.63, 3.8) is 0 Å². The minimum atomic E-state index is 0.643. The zero-order valence-electron chi connectivity index (χ0n) is 9.55. The molecule has 0 spiro atoms. The summed E-state index contributed by atoms with van der Waals surface area (Å²) in [6, 6.07) is 9.52. The summed E-state index contributed by atoms with van der Waals surface area (Å²) >= 11 is 11.7. The molecule has 0 radical (unpaired) electrons. The van der Waals surface area contributed by atoms with Gasteiger partial charge in [0.1, 0.15) is 11.3 Å². The lowest BCUT2D eigenvalue weighted by Gasteiger charge is -2.01. The second-order valence-corrected chi connectivity index (χ2v) is 6.62. The van der Waals surface area contributed by atoms with Crippen LogP contribution >= 0.6 is 50.1 Å². The molecular formula is C13H8BrClIN3. The molecule has 3 nitrogen and oxygen atoms in total. The number of fused-ring (bicyclic) bond motifs is 1. The van der Waals surface area contributed by atoms with Crippen molar-refractivity contribution in [1.82, 2.24) is 9.97 Å². The van der Waals surface area contributed by atoms with Crippen molar-refractivity contribution in [2.75, 3.05) is 5.73 Å². The van der Waals surface area contributed by atoms with Gasteiger partial charge in [-0.2, -0.15) is 0 Å². The number of imidazole rings is 1. The Morgan fingerprint density at radius 3 is 2.84 bits per heavy atom. The Labute approximate surface area is 136 Å². The monoisotopic (exact) mass is 447 g/mol. The maximum atomic E-state index is 6.04. The standard InChI is InChI=1S/C13H8BrClIN3/c14-6-3-10(17)12-11(4-6)18-13(19-12)8-5-7(15)1-2-9(8)16/h1-5H,17H2,(H,18,19). The second-order valence-electron chi connectivity index (χ2n) is 4.10. The van der Waals surface area contributed by atoms with Crippen molar-refractivity contribution in [2.24, 2.45) is 0 Å². The molecule has 0 fully saturated rings. The van der Waals surface area contributed by atoms with Crippen molar-refractivity contribution in [1.29, 1.82) is 0 Å². The van der Waals surface area contributed by atoms with Crippen molar-refractivity contribution in [3.8, 4) is 11.4 Å². The van der Waals surface area contributed by atoms with Gasteiger partial charge < -0.3 is 10.7 Å². The number of nitrogens with two attached hydrogens (primary N) is 1. The van der Waals surface area contributed by atoms with E-state index in [2.05, 4.69) is 48.5 Å². The minimum absolute atomic E-state index is 0.643. The Hall–Kier alpha value is -0.790. The molecule has 1 heterocycles. The average molecular weight is 448 g/mol. The van der Waals surface area contributed by atoms with E-state index in [-0.39, 0.29) is 0 Å². The number of aromatic nitrogens is 2. The number of rotatable bonds is 1. The molecule has 3 rings (SSSR count). The van der Waals surface area contributed by atoms with Gasteiger partial charge in [0.05, 0.1) is 11.2 Å². The van der Waals surface area contributed by atoms with Gasteiger partial charge >= 0.3 is 0 Å². The highest BCUT2D eigenvalue weighted by Crippen LogP contribution is 2.31. The summed E-state index contributed by atoms with van der Waals surface area (Å²) in [7, 11) is 0. The van der Waals surface area contributed by atoms with Gasteiger partial charge in [0.15, 0.2) is 0 Å². The van der Waals surface area contributed by atoms with Crippen LogP contribution in [0, 0.1) is 3.57 Å². The quantitative estimate of drug-likeness (QED) is 0.414. The summed E-state index contributed by atoms with van der Waals surface area (Å²) in [6.45, 7) is 0. The van der Waals surface area contributed by atoms with Gasteiger partial charge in [0.2, 0.25) is 0 Å². The van der Waals surface area contributed by atoms with E-state index in [0.29, 0.717) is 10.7 Å².